The predicted octanol–water partition coefficient (Wildman–Crippen LogP) is 4.81. The zero-order chi connectivity index (χ0) is 24.3. The molecular formula is C22H20Cl2F3N3O3. The number of alkyl halides is 2. The minimum Gasteiger partial charge on any atom is -0.387 e. The third kappa shape index (κ3) is 6.39. The van der Waals surface area contributed by atoms with Crippen LogP contribution in [-0.2, 0) is 9.63 Å². The number of hydrogen-bond donors (Lipinski definition) is 2. The lowest BCUT2D eigenvalue weighted by Gasteiger charge is -2.13. The summed E-state index contributed by atoms with van der Waals surface area (Å²) < 4.78 is 40.0. The van der Waals surface area contributed by atoms with Crippen LogP contribution in [0, 0.1) is 12.7 Å². The molecule has 2 amide bonds. The van der Waals surface area contributed by atoms with Gasteiger partial charge in [-0.15, -0.1) is 0 Å². The second-order valence-corrected chi connectivity index (χ2v) is 8.53. The summed E-state index contributed by atoms with van der Waals surface area (Å²) in [6.45, 7) is 1.12. The van der Waals surface area contributed by atoms with Crippen LogP contribution in [0.25, 0.3) is 0 Å². The average Bonchev–Trinajstić information content (AvgIpc) is 3.22. The number of aryl methyl sites for hydroxylation is 1. The summed E-state index contributed by atoms with van der Waals surface area (Å²) in [7, 11) is 0. The van der Waals surface area contributed by atoms with Gasteiger partial charge >= 0.3 is 0 Å². The summed E-state index contributed by atoms with van der Waals surface area (Å²) in [6.07, 6.45) is -0.436. The van der Waals surface area contributed by atoms with E-state index in [1.165, 1.54) is 12.1 Å². The summed E-state index contributed by atoms with van der Waals surface area (Å²) in [6, 6.07) is 7.63. The number of hydrogen-bond acceptors (Lipinski definition) is 4. The lowest BCUT2D eigenvalue weighted by Crippen LogP contribution is -2.41. The Morgan fingerprint density at radius 1 is 1.21 bits per heavy atom. The fourth-order valence-corrected chi connectivity index (χ4v) is 3.70. The Morgan fingerprint density at radius 2 is 1.94 bits per heavy atom. The van der Waals surface area contributed by atoms with Gasteiger partial charge in [0.15, 0.2) is 6.10 Å². The van der Waals surface area contributed by atoms with Gasteiger partial charge < -0.3 is 15.5 Å². The summed E-state index contributed by atoms with van der Waals surface area (Å²) in [4.78, 5) is 29.4. The minimum atomic E-state index is -3.04. The molecule has 1 heterocycles. The van der Waals surface area contributed by atoms with Crippen molar-refractivity contribution in [2.24, 2.45) is 5.16 Å². The molecule has 1 atom stereocenters. The Hall–Kier alpha value is -2.78. The van der Waals surface area contributed by atoms with Crippen LogP contribution < -0.4 is 10.6 Å². The van der Waals surface area contributed by atoms with E-state index < -0.39 is 42.7 Å². The van der Waals surface area contributed by atoms with Crippen LogP contribution in [0.3, 0.4) is 0 Å². The minimum absolute atomic E-state index is 0.113. The van der Waals surface area contributed by atoms with E-state index >= 15 is 0 Å². The van der Waals surface area contributed by atoms with Crippen molar-refractivity contribution in [2.45, 2.75) is 32.3 Å². The molecule has 1 unspecified atom stereocenters. The fourth-order valence-electron chi connectivity index (χ4n) is 3.19. The Bertz CT molecular complexity index is 1120. The van der Waals surface area contributed by atoms with E-state index in [1.807, 2.05) is 5.32 Å². The number of carbonyl (C=O) groups is 2. The molecule has 0 spiro atoms. The van der Waals surface area contributed by atoms with Gasteiger partial charge in [-0.05, 0) is 42.3 Å². The van der Waals surface area contributed by atoms with Gasteiger partial charge in [0.1, 0.15) is 5.82 Å². The van der Waals surface area contributed by atoms with Gasteiger partial charge in [-0.25, -0.2) is 13.2 Å². The highest BCUT2D eigenvalue weighted by molar-refractivity contribution is 6.34. The van der Waals surface area contributed by atoms with E-state index in [4.69, 9.17) is 28.0 Å². The lowest BCUT2D eigenvalue weighted by molar-refractivity contribution is -0.121. The van der Waals surface area contributed by atoms with Crippen LogP contribution in [0.15, 0.2) is 35.5 Å². The molecule has 0 radical (unpaired) electrons. The maximum atomic E-state index is 14.4. The molecule has 1 aliphatic heterocycles. The van der Waals surface area contributed by atoms with Gasteiger partial charge in [-0.3, -0.25) is 9.59 Å². The number of oxime groups is 1. The number of nitrogens with one attached hydrogen (secondary N) is 2. The topological polar surface area (TPSA) is 79.8 Å². The SMILES string of the molecule is Cc1cc(C2=NOC(c3cc(Cl)cc(Cl)c3F)C2)ccc1C(=O)NCC(=O)NCC(C)(F)F. The monoisotopic (exact) mass is 501 g/mol. The number of rotatable bonds is 7. The molecular weight excluding hydrogens is 482 g/mol. The Kier molecular flexibility index (Phi) is 7.54. The van der Waals surface area contributed by atoms with Crippen molar-refractivity contribution in [3.05, 3.63) is 68.4 Å². The summed E-state index contributed by atoms with van der Waals surface area (Å²) in [5, 5.41) is 8.63. The van der Waals surface area contributed by atoms with Gasteiger partial charge in [-0.2, -0.15) is 0 Å². The first kappa shape index (κ1) is 24.9. The smallest absolute Gasteiger partial charge is 0.262 e. The Labute approximate surface area is 198 Å². The van der Waals surface area contributed by atoms with E-state index in [9.17, 15) is 22.8 Å². The van der Waals surface area contributed by atoms with E-state index in [-0.39, 0.29) is 22.0 Å². The van der Waals surface area contributed by atoms with Crippen LogP contribution in [0.5, 0.6) is 0 Å². The molecule has 0 fully saturated rings. The van der Waals surface area contributed by atoms with Crippen molar-refractivity contribution >= 4 is 40.7 Å². The standard InChI is InChI=1S/C22H20Cl2F3N3O3/c1-11-5-12(3-4-14(11)21(32)28-9-19(31)29-10-22(2,26)27)17-8-18(33-30-17)15-6-13(23)7-16(24)20(15)25/h3-7,18H,8-10H2,1-2H3,(H,28,32)(H,29,31). The van der Waals surface area contributed by atoms with E-state index in [1.54, 1.807) is 25.1 Å². The van der Waals surface area contributed by atoms with Gasteiger partial charge in [0.05, 0.1) is 23.8 Å². The maximum Gasteiger partial charge on any atom is 0.262 e. The first-order valence-corrected chi connectivity index (χ1v) is 10.6. The first-order chi connectivity index (χ1) is 15.4. The molecule has 0 aliphatic carbocycles. The van der Waals surface area contributed by atoms with Crippen molar-refractivity contribution in [1.82, 2.24) is 10.6 Å². The Balaban J connectivity index is 1.63. The lowest BCUT2D eigenvalue weighted by atomic mass is 9.97. The summed E-state index contributed by atoms with van der Waals surface area (Å²) in [5.74, 6) is -4.92. The Morgan fingerprint density at radius 3 is 2.61 bits per heavy atom. The molecule has 2 N–H and O–H groups in total. The molecule has 3 rings (SSSR count). The van der Waals surface area contributed by atoms with E-state index in [0.717, 1.165) is 0 Å². The normalized spacial score (nSPS) is 15.6. The summed E-state index contributed by atoms with van der Waals surface area (Å²) >= 11 is 11.8. The van der Waals surface area contributed by atoms with Crippen molar-refractivity contribution in [2.75, 3.05) is 13.1 Å². The molecule has 1 aliphatic rings. The van der Waals surface area contributed by atoms with Gasteiger partial charge in [0.2, 0.25) is 5.91 Å². The molecule has 0 saturated carbocycles. The zero-order valence-electron chi connectivity index (χ0n) is 17.6. The summed E-state index contributed by atoms with van der Waals surface area (Å²) in [5.41, 5.74) is 2.30. The van der Waals surface area contributed by atoms with Gasteiger partial charge in [-0.1, -0.05) is 34.4 Å². The molecule has 0 saturated heterocycles. The molecule has 11 heteroatoms. The van der Waals surface area contributed by atoms with E-state index in [0.29, 0.717) is 29.3 Å². The van der Waals surface area contributed by atoms with Crippen molar-refractivity contribution in [3.8, 4) is 0 Å². The zero-order valence-corrected chi connectivity index (χ0v) is 19.2. The number of nitrogens with zero attached hydrogens (tertiary/aromatic N) is 1. The first-order valence-electron chi connectivity index (χ1n) is 9.85. The third-order valence-electron chi connectivity index (χ3n) is 4.85. The second-order valence-electron chi connectivity index (χ2n) is 7.69. The molecule has 0 bridgehead atoms. The fraction of sp³-hybridized carbons (Fsp3) is 0.318. The molecule has 2 aromatic carbocycles. The third-order valence-corrected chi connectivity index (χ3v) is 5.34. The second kappa shape index (κ2) is 10.0. The van der Waals surface area contributed by atoms with Crippen molar-refractivity contribution in [1.29, 1.82) is 0 Å². The maximum absolute atomic E-state index is 14.4. The highest BCUT2D eigenvalue weighted by Gasteiger charge is 2.28. The van der Waals surface area contributed by atoms with Crippen LogP contribution in [0.4, 0.5) is 13.2 Å². The van der Waals surface area contributed by atoms with Crippen molar-refractivity contribution in [3.63, 3.8) is 0 Å². The van der Waals surface area contributed by atoms with Crippen LogP contribution >= 0.6 is 23.2 Å². The number of halogens is 5. The van der Waals surface area contributed by atoms with Gasteiger partial charge in [0, 0.05) is 29.5 Å². The van der Waals surface area contributed by atoms with Crippen LogP contribution in [-0.4, -0.2) is 36.5 Å². The predicted molar refractivity (Wildman–Crippen MR) is 119 cm³/mol. The van der Waals surface area contributed by atoms with Gasteiger partial charge in [0.25, 0.3) is 11.8 Å². The van der Waals surface area contributed by atoms with Crippen LogP contribution in [0.1, 0.15) is 46.5 Å². The van der Waals surface area contributed by atoms with Crippen molar-refractivity contribution < 1.29 is 27.6 Å². The molecule has 176 valence electrons. The van der Waals surface area contributed by atoms with Crippen LogP contribution in [0.2, 0.25) is 10.0 Å². The van der Waals surface area contributed by atoms with E-state index in [2.05, 4.69) is 10.5 Å². The number of amides is 2. The molecule has 2 aromatic rings. The molecule has 33 heavy (non-hydrogen) atoms. The number of carbonyl (C=O) groups excluding carboxylic acids is 2. The highest BCUT2D eigenvalue weighted by atomic mass is 35.5. The molecule has 0 aromatic heterocycles. The largest absolute Gasteiger partial charge is 0.387 e. The average molecular weight is 502 g/mol. The quantitative estimate of drug-likeness (QED) is 0.534. The highest BCUT2D eigenvalue weighted by Crippen LogP contribution is 2.35. The molecule has 6 nitrogen and oxygen atoms in total. The number of benzene rings is 2.